The number of guanidine groups is 1. The fraction of sp³-hybridized carbons (Fsp3) is 0.738. The van der Waals surface area contributed by atoms with Gasteiger partial charge >= 0.3 is 5.97 Å². The third-order valence-electron chi connectivity index (χ3n) is 15.4. The molecule has 1 aromatic rings. The number of carbonyl (C=O) groups is 8. The van der Waals surface area contributed by atoms with Crippen LogP contribution in [0.5, 0.6) is 5.75 Å². The molecule has 0 aromatic heterocycles. The number of ketones is 2. The predicted molar refractivity (Wildman–Crippen MR) is 350 cm³/mol. The van der Waals surface area contributed by atoms with Crippen LogP contribution in [0.3, 0.4) is 0 Å². The molecule has 0 fully saturated rings. The van der Waals surface area contributed by atoms with Gasteiger partial charge in [-0.05, 0) is 87.8 Å². The summed E-state index contributed by atoms with van der Waals surface area (Å²) in [5, 5.41) is 43.7. The maximum absolute atomic E-state index is 14.3. The van der Waals surface area contributed by atoms with Crippen LogP contribution in [0.1, 0.15) is 200 Å². The summed E-state index contributed by atoms with van der Waals surface area (Å²) < 4.78 is 47.0. The van der Waals surface area contributed by atoms with Crippen LogP contribution in [-0.4, -0.2) is 160 Å². The van der Waals surface area contributed by atoms with Crippen LogP contribution in [0.25, 0.3) is 0 Å². The lowest BCUT2D eigenvalue weighted by Crippen LogP contribution is -2.49. The average molecular weight is 1310 g/mol. The molecule has 14 N–H and O–H groups in total. The van der Waals surface area contributed by atoms with Gasteiger partial charge in [0.1, 0.15) is 29.4 Å². The van der Waals surface area contributed by atoms with Gasteiger partial charge in [-0.15, -0.1) is 0 Å². The zero-order valence-electron chi connectivity index (χ0n) is 54.8. The largest absolute Gasteiger partial charge is 0.508 e. The molecule has 0 spiro atoms. The number of hydrogen-bond donors (Lipinski definition) is 12. The summed E-state index contributed by atoms with van der Waals surface area (Å²) in [6.07, 6.45) is 17.7. The second-order valence-corrected chi connectivity index (χ2v) is 25.6. The number of rotatable bonds is 60. The molecule has 0 aliphatic heterocycles. The molecule has 0 aliphatic carbocycles. The number of nitrogens with two attached hydrogens (primary N) is 2. The molecule has 5 atom stereocenters. The number of aliphatic carboxylic acids is 1. The smallest absolute Gasteiger partial charge is 0.326 e. The number of allylic oxidation sites excluding steroid dienone is 1. The molecule has 1 aromatic carbocycles. The number of carboxylic acids is 1. The fourth-order valence-corrected chi connectivity index (χ4v) is 10.8. The van der Waals surface area contributed by atoms with E-state index < -0.39 is 57.7 Å². The summed E-state index contributed by atoms with van der Waals surface area (Å²) in [4.78, 5) is 103. The molecule has 520 valence electrons. The van der Waals surface area contributed by atoms with Crippen molar-refractivity contribution in [1.82, 2.24) is 31.9 Å². The van der Waals surface area contributed by atoms with Gasteiger partial charge in [-0.1, -0.05) is 117 Å². The lowest BCUT2D eigenvalue weighted by molar-refractivity contribution is -0.139. The molecule has 5 amide bonds. The number of phenols is 1. The highest BCUT2D eigenvalue weighted by atomic mass is 32.2. The number of carbonyl (C=O) groups excluding carboxylic acids is 7. The van der Waals surface area contributed by atoms with Crippen LogP contribution in [-0.2, 0) is 69.1 Å². The van der Waals surface area contributed by atoms with E-state index >= 15 is 0 Å². The normalized spacial score (nSPS) is 13.1. The number of hydrogen-bond acceptors (Lipinski definition) is 16. The molecular formula is C65H113N9O16S. The molecule has 1 rings (SSSR count). The third kappa shape index (κ3) is 46.5. The molecule has 0 saturated carbocycles. The maximum Gasteiger partial charge on any atom is 0.326 e. The first-order valence-corrected chi connectivity index (χ1v) is 34.7. The molecule has 91 heavy (non-hydrogen) atoms. The van der Waals surface area contributed by atoms with Gasteiger partial charge < -0.3 is 67.8 Å². The lowest BCUT2D eigenvalue weighted by atomic mass is 9.78. The molecule has 0 saturated heterocycles. The number of phenolic OH excluding ortho intramolecular Hbond substituents is 1. The van der Waals surface area contributed by atoms with Crippen molar-refractivity contribution in [3.8, 4) is 5.75 Å². The Kier molecular flexibility index (Phi) is 46.7. The average Bonchev–Trinajstić information content (AvgIpc) is 1.29. The van der Waals surface area contributed by atoms with Gasteiger partial charge in [0.25, 0.3) is 10.1 Å². The second kappa shape index (κ2) is 51.3. The summed E-state index contributed by atoms with van der Waals surface area (Å²) in [6, 6.07) is 4.11. The zero-order chi connectivity index (χ0) is 67.7. The quantitative estimate of drug-likeness (QED) is 0.0145. The van der Waals surface area contributed by atoms with Gasteiger partial charge in [-0.25, -0.2) is 4.79 Å². The minimum Gasteiger partial charge on any atom is -0.508 e. The fourth-order valence-electron chi connectivity index (χ4n) is 10.3. The number of Topliss-reactive ketones (excluding diaryl/α,β-unsaturated/α-hetero) is 2. The Morgan fingerprint density at radius 3 is 1.54 bits per heavy atom. The van der Waals surface area contributed by atoms with Crippen LogP contribution in [0.2, 0.25) is 0 Å². The zero-order valence-corrected chi connectivity index (χ0v) is 55.6. The van der Waals surface area contributed by atoms with Crippen molar-refractivity contribution in [3.05, 3.63) is 42.1 Å². The van der Waals surface area contributed by atoms with Crippen molar-refractivity contribution in [3.63, 3.8) is 0 Å². The van der Waals surface area contributed by atoms with E-state index in [0.717, 1.165) is 51.4 Å². The first-order chi connectivity index (χ1) is 43.4. The highest BCUT2D eigenvalue weighted by Gasteiger charge is 2.36. The summed E-state index contributed by atoms with van der Waals surface area (Å²) in [5.74, 6) is -6.31. The van der Waals surface area contributed by atoms with Gasteiger partial charge in [-0.2, -0.15) is 8.42 Å². The van der Waals surface area contributed by atoms with Crippen molar-refractivity contribution in [1.29, 1.82) is 5.41 Å². The maximum atomic E-state index is 14.3. The van der Waals surface area contributed by atoms with Gasteiger partial charge in [0.05, 0.1) is 32.2 Å². The summed E-state index contributed by atoms with van der Waals surface area (Å²) >= 11 is 0. The van der Waals surface area contributed by atoms with Crippen LogP contribution in [0, 0.1) is 29.1 Å². The van der Waals surface area contributed by atoms with Gasteiger partial charge in [-0.3, -0.25) is 43.5 Å². The van der Waals surface area contributed by atoms with Crippen molar-refractivity contribution >= 4 is 63.1 Å². The van der Waals surface area contributed by atoms with E-state index in [-0.39, 0.29) is 111 Å². The Balaban J connectivity index is 2.24. The number of unbranched alkanes of at least 4 members (excludes halogenated alkanes) is 13. The van der Waals surface area contributed by atoms with Crippen LogP contribution in [0.15, 0.2) is 36.5 Å². The Morgan fingerprint density at radius 1 is 0.560 bits per heavy atom. The number of aromatic hydroxyl groups is 1. The molecular weight excluding hydrogens is 1190 g/mol. The standard InChI is InChI=1S/C65H113N9O16S/c1-48(2)45-54(76)47-52(61(80)50(4)55(25-20-35-72-65(67)68)63(82)74-57(62(66)81)46-51-26-28-53(75)29-27-51)24-17-18-34-69-59(78)32-33-60(79)71-37-22-39-89-41-43-90-42-40-88-38-21-36-70-58(77)31-30-56(64(83)84)73-49(3)23-16-14-12-10-8-6-5-7-9-11-13-15-19-44-91(85,86)87/h26-29,48,50,52,55-57,73,75H,3,5-25,30-47H2,1-2,4H3,(H2,66,81)(H,69,78)(H,70,77)(H,71,79)(H,74,82)(H,83,84)(H4,67,68,72)(H,85,86,87)/t50?,52-,55-,56+,57+/m1/s1. The number of carboxylic acid groups (broad SMARTS) is 1. The first-order valence-electron chi connectivity index (χ1n) is 33.0. The third-order valence-corrected chi connectivity index (χ3v) is 16.2. The molecule has 0 bridgehead atoms. The van der Waals surface area contributed by atoms with E-state index in [0.29, 0.717) is 122 Å². The minimum absolute atomic E-state index is 0.00516. The topological polar surface area (TPSA) is 407 Å². The number of benzene rings is 1. The highest BCUT2D eigenvalue weighted by molar-refractivity contribution is 7.85. The molecule has 0 radical (unpaired) electrons. The monoisotopic (exact) mass is 1310 g/mol. The van der Waals surface area contributed by atoms with Crippen molar-refractivity contribution in [2.24, 2.45) is 35.1 Å². The highest BCUT2D eigenvalue weighted by Crippen LogP contribution is 2.28. The van der Waals surface area contributed by atoms with Crippen molar-refractivity contribution < 1.29 is 75.8 Å². The lowest BCUT2D eigenvalue weighted by Gasteiger charge is -2.28. The first kappa shape index (κ1) is 82.8. The van der Waals surface area contributed by atoms with E-state index in [1.165, 1.54) is 37.8 Å². The van der Waals surface area contributed by atoms with Crippen LogP contribution in [0.4, 0.5) is 0 Å². The summed E-state index contributed by atoms with van der Waals surface area (Å²) in [5.41, 5.74) is 12.4. The summed E-state index contributed by atoms with van der Waals surface area (Å²) in [7, 11) is -3.85. The molecule has 0 aliphatic rings. The van der Waals surface area contributed by atoms with E-state index in [2.05, 4.69) is 38.5 Å². The number of amides is 5. The second-order valence-electron chi connectivity index (χ2n) is 24.1. The molecule has 26 heteroatoms. The number of primary amides is 1. The summed E-state index contributed by atoms with van der Waals surface area (Å²) in [6.45, 7) is 13.0. The van der Waals surface area contributed by atoms with Crippen molar-refractivity contribution in [2.45, 2.75) is 213 Å². The van der Waals surface area contributed by atoms with E-state index in [4.69, 9.17) is 35.6 Å². The Hall–Kier alpha value is -6.22. The predicted octanol–water partition coefficient (Wildman–Crippen LogP) is 6.43. The Morgan fingerprint density at radius 2 is 1.04 bits per heavy atom. The van der Waals surface area contributed by atoms with E-state index in [1.807, 2.05) is 13.8 Å². The SMILES string of the molecule is C=C(CCCCCCCCCCCCCCCS(=O)(=O)O)N[C@@H](CCC(=O)NCCCOCCOCCOCCCNC(=O)CCC(=O)NCCCC[C@H](CC(=O)CC(C)C)C(=O)C(C)[C@@H](CCCNC(=N)N)C(=O)N[C@@H](Cc1ccc(O)cc1)C(N)=O)C(=O)O. The number of ether oxygens (including phenoxy) is 3. The minimum atomic E-state index is -3.85. The van der Waals surface area contributed by atoms with Gasteiger partial charge in [0.15, 0.2) is 5.96 Å². The number of nitrogens with one attached hydrogen (secondary N) is 7. The van der Waals surface area contributed by atoms with Crippen LogP contribution >= 0.6 is 0 Å². The van der Waals surface area contributed by atoms with Crippen LogP contribution < -0.4 is 43.4 Å². The van der Waals surface area contributed by atoms with E-state index in [1.54, 1.807) is 19.1 Å². The molecule has 0 heterocycles. The van der Waals surface area contributed by atoms with Gasteiger partial charge in [0, 0.05) is 101 Å². The molecule has 1 unspecified atom stereocenters. The van der Waals surface area contributed by atoms with Crippen molar-refractivity contribution in [2.75, 3.05) is 71.6 Å². The van der Waals surface area contributed by atoms with Gasteiger partial charge in [0.2, 0.25) is 29.5 Å². The Labute approximate surface area is 541 Å². The Bertz CT molecular complexity index is 2400. The van der Waals surface area contributed by atoms with E-state index in [9.17, 15) is 57.0 Å². The molecule has 25 nitrogen and oxygen atoms in total.